The average Bonchev–Trinajstić information content (AvgIpc) is 2.23. The van der Waals surface area contributed by atoms with Crippen molar-refractivity contribution in [3.63, 3.8) is 0 Å². The second kappa shape index (κ2) is 3.70. The quantitative estimate of drug-likeness (QED) is 0.726. The number of rotatable bonds is 2. The van der Waals surface area contributed by atoms with Crippen molar-refractivity contribution >= 4 is 10.9 Å². The molecule has 0 aliphatic heterocycles. The summed E-state index contributed by atoms with van der Waals surface area (Å²) in [6.07, 6.45) is 1.40. The highest BCUT2D eigenvalue weighted by atomic mass is 16.3. The van der Waals surface area contributed by atoms with E-state index < -0.39 is 0 Å². The van der Waals surface area contributed by atoms with Gasteiger partial charge in [-0.1, -0.05) is 6.07 Å². The van der Waals surface area contributed by atoms with Gasteiger partial charge in [0.05, 0.1) is 11.7 Å². The monoisotopic (exact) mass is 205 g/mol. The highest BCUT2D eigenvalue weighted by Crippen LogP contribution is 2.18. The number of aromatic nitrogens is 2. The first-order valence-corrected chi connectivity index (χ1v) is 4.61. The zero-order valence-electron chi connectivity index (χ0n) is 8.05. The minimum Gasteiger partial charge on any atom is -0.506 e. The van der Waals surface area contributed by atoms with Crippen molar-refractivity contribution in [3.05, 3.63) is 34.9 Å². The number of phenolic OH excluding ortho intramolecular Hbond substituents is 1. The van der Waals surface area contributed by atoms with E-state index in [0.29, 0.717) is 24.0 Å². The van der Waals surface area contributed by atoms with Gasteiger partial charge in [-0.15, -0.1) is 0 Å². The maximum Gasteiger partial charge on any atom is 0.261 e. The van der Waals surface area contributed by atoms with Gasteiger partial charge in [-0.2, -0.15) is 0 Å². The fraction of sp³-hybridized carbons (Fsp3) is 0.200. The fourth-order valence-corrected chi connectivity index (χ4v) is 1.47. The second-order valence-corrected chi connectivity index (χ2v) is 3.21. The van der Waals surface area contributed by atoms with Gasteiger partial charge in [-0.25, -0.2) is 4.98 Å². The summed E-state index contributed by atoms with van der Waals surface area (Å²) < 4.78 is 1.43. The summed E-state index contributed by atoms with van der Waals surface area (Å²) >= 11 is 0. The molecular formula is C10H11N3O2. The topological polar surface area (TPSA) is 81.1 Å². The predicted molar refractivity (Wildman–Crippen MR) is 56.7 cm³/mol. The summed E-state index contributed by atoms with van der Waals surface area (Å²) in [5.41, 5.74) is 5.52. The molecule has 1 aromatic carbocycles. The molecular weight excluding hydrogens is 194 g/mol. The van der Waals surface area contributed by atoms with Crippen molar-refractivity contribution < 1.29 is 5.11 Å². The fourth-order valence-electron chi connectivity index (χ4n) is 1.47. The third kappa shape index (κ3) is 1.57. The van der Waals surface area contributed by atoms with Gasteiger partial charge >= 0.3 is 0 Å². The van der Waals surface area contributed by atoms with Gasteiger partial charge in [0.15, 0.2) is 0 Å². The Balaban J connectivity index is 2.75. The molecule has 2 rings (SSSR count). The summed E-state index contributed by atoms with van der Waals surface area (Å²) in [5.74, 6) is 0.0181. The lowest BCUT2D eigenvalue weighted by Crippen LogP contribution is -2.24. The number of nitrogens with two attached hydrogens (primary N) is 1. The molecule has 0 aliphatic rings. The van der Waals surface area contributed by atoms with Crippen molar-refractivity contribution in [3.8, 4) is 5.75 Å². The van der Waals surface area contributed by atoms with Crippen LogP contribution in [0.15, 0.2) is 29.3 Å². The molecule has 78 valence electrons. The van der Waals surface area contributed by atoms with Crippen LogP contribution in [0.2, 0.25) is 0 Å². The highest BCUT2D eigenvalue weighted by molar-refractivity contribution is 5.82. The van der Waals surface area contributed by atoms with Crippen LogP contribution in [0.3, 0.4) is 0 Å². The first-order valence-electron chi connectivity index (χ1n) is 4.61. The van der Waals surface area contributed by atoms with Crippen LogP contribution in [0.1, 0.15) is 0 Å². The highest BCUT2D eigenvalue weighted by Gasteiger charge is 2.05. The minimum atomic E-state index is -0.179. The Hall–Kier alpha value is -1.88. The maximum atomic E-state index is 11.8. The Morgan fingerprint density at radius 1 is 1.47 bits per heavy atom. The van der Waals surface area contributed by atoms with Crippen molar-refractivity contribution in [2.75, 3.05) is 6.54 Å². The van der Waals surface area contributed by atoms with Gasteiger partial charge in [0.25, 0.3) is 5.56 Å². The van der Waals surface area contributed by atoms with Gasteiger partial charge in [0, 0.05) is 13.1 Å². The van der Waals surface area contributed by atoms with E-state index in [-0.39, 0.29) is 11.3 Å². The van der Waals surface area contributed by atoms with Crippen LogP contribution in [-0.2, 0) is 6.54 Å². The Labute approximate surface area is 85.8 Å². The lowest BCUT2D eigenvalue weighted by Gasteiger charge is -2.05. The van der Waals surface area contributed by atoms with E-state index in [0.717, 1.165) is 0 Å². The number of hydrogen-bond acceptors (Lipinski definition) is 4. The number of phenols is 1. The average molecular weight is 205 g/mol. The molecule has 1 heterocycles. The third-order valence-electron chi connectivity index (χ3n) is 2.20. The Kier molecular flexibility index (Phi) is 2.39. The zero-order valence-corrected chi connectivity index (χ0v) is 8.05. The number of para-hydroxylation sites is 1. The number of aromatic hydroxyl groups is 1. The van der Waals surface area contributed by atoms with E-state index >= 15 is 0 Å². The standard InChI is InChI=1S/C10H11N3O2/c11-4-5-13-6-12-9-7(10(13)15)2-1-3-8(9)14/h1-3,6,14H,4-5,11H2. The minimum absolute atomic E-state index is 0.0181. The van der Waals surface area contributed by atoms with Crippen molar-refractivity contribution in [1.82, 2.24) is 9.55 Å². The van der Waals surface area contributed by atoms with Crippen LogP contribution in [0.5, 0.6) is 5.75 Å². The number of nitrogens with zero attached hydrogens (tertiary/aromatic N) is 2. The Morgan fingerprint density at radius 3 is 3.00 bits per heavy atom. The molecule has 0 saturated carbocycles. The SMILES string of the molecule is NCCn1cnc2c(O)cccc2c1=O. The van der Waals surface area contributed by atoms with E-state index in [1.54, 1.807) is 12.1 Å². The third-order valence-corrected chi connectivity index (χ3v) is 2.20. The largest absolute Gasteiger partial charge is 0.506 e. The molecule has 1 aromatic heterocycles. The van der Waals surface area contributed by atoms with Crippen molar-refractivity contribution in [2.24, 2.45) is 5.73 Å². The van der Waals surface area contributed by atoms with Crippen LogP contribution in [0.4, 0.5) is 0 Å². The molecule has 3 N–H and O–H groups in total. The Bertz CT molecular complexity index is 548. The van der Waals surface area contributed by atoms with Gasteiger partial charge in [-0.3, -0.25) is 9.36 Å². The zero-order chi connectivity index (χ0) is 10.8. The van der Waals surface area contributed by atoms with Crippen LogP contribution in [0.25, 0.3) is 10.9 Å². The lowest BCUT2D eigenvalue weighted by atomic mass is 10.2. The molecule has 5 nitrogen and oxygen atoms in total. The molecule has 0 radical (unpaired) electrons. The van der Waals surface area contributed by atoms with Crippen molar-refractivity contribution in [2.45, 2.75) is 6.54 Å². The molecule has 0 aliphatic carbocycles. The molecule has 0 spiro atoms. The molecule has 15 heavy (non-hydrogen) atoms. The Morgan fingerprint density at radius 2 is 2.27 bits per heavy atom. The normalized spacial score (nSPS) is 10.7. The summed E-state index contributed by atoms with van der Waals surface area (Å²) in [4.78, 5) is 15.8. The molecule has 0 atom stereocenters. The summed E-state index contributed by atoms with van der Waals surface area (Å²) in [5, 5.41) is 9.89. The molecule has 0 fully saturated rings. The van der Waals surface area contributed by atoms with E-state index in [1.165, 1.54) is 17.0 Å². The number of hydrogen-bond donors (Lipinski definition) is 2. The van der Waals surface area contributed by atoms with Gasteiger partial charge in [-0.05, 0) is 12.1 Å². The molecule has 2 aromatic rings. The van der Waals surface area contributed by atoms with Crippen molar-refractivity contribution in [1.29, 1.82) is 0 Å². The maximum absolute atomic E-state index is 11.8. The van der Waals surface area contributed by atoms with Gasteiger partial charge < -0.3 is 10.8 Å². The summed E-state index contributed by atoms with van der Waals surface area (Å²) in [6, 6.07) is 4.76. The molecule has 0 unspecified atom stereocenters. The first-order chi connectivity index (χ1) is 7.24. The molecule has 5 heteroatoms. The van der Waals surface area contributed by atoms with E-state index in [1.807, 2.05) is 0 Å². The lowest BCUT2D eigenvalue weighted by molar-refractivity contribution is 0.480. The number of benzene rings is 1. The van der Waals surface area contributed by atoms with Crippen LogP contribution in [-0.4, -0.2) is 21.2 Å². The van der Waals surface area contributed by atoms with Crippen LogP contribution >= 0.6 is 0 Å². The van der Waals surface area contributed by atoms with E-state index in [9.17, 15) is 9.90 Å². The molecule has 0 amide bonds. The molecule has 0 saturated heterocycles. The summed E-state index contributed by atoms with van der Waals surface area (Å²) in [7, 11) is 0. The number of fused-ring (bicyclic) bond motifs is 1. The van der Waals surface area contributed by atoms with Crippen LogP contribution < -0.4 is 11.3 Å². The first kappa shape index (κ1) is 9.67. The van der Waals surface area contributed by atoms with Gasteiger partial charge in [0.2, 0.25) is 0 Å². The van der Waals surface area contributed by atoms with Crippen LogP contribution in [0, 0.1) is 0 Å². The molecule has 0 bridgehead atoms. The smallest absolute Gasteiger partial charge is 0.261 e. The second-order valence-electron chi connectivity index (χ2n) is 3.21. The van der Waals surface area contributed by atoms with E-state index in [2.05, 4.69) is 4.98 Å². The van der Waals surface area contributed by atoms with Gasteiger partial charge in [0.1, 0.15) is 11.3 Å². The predicted octanol–water partition coefficient (Wildman–Crippen LogP) is 0.0608. The van der Waals surface area contributed by atoms with E-state index in [4.69, 9.17) is 5.73 Å². The summed E-state index contributed by atoms with van der Waals surface area (Å²) in [6.45, 7) is 0.809.